The van der Waals surface area contributed by atoms with Crippen molar-refractivity contribution in [2.24, 2.45) is 5.41 Å². The standard InChI is InChI=1S/C19H27FN4O3.ClH/c1-27-13-19(7-9-21-10-8-19)17(25)24-11-6-16(12-24)23-18(26)22-15-4-2-14(20)3-5-15;/h2-5,16,21H,6-13H2,1H3,(H2,22,23,26);1H. The summed E-state index contributed by atoms with van der Waals surface area (Å²) >= 11 is 0. The van der Waals surface area contributed by atoms with Gasteiger partial charge >= 0.3 is 6.03 Å². The molecule has 2 saturated heterocycles. The van der Waals surface area contributed by atoms with Crippen molar-refractivity contribution in [2.75, 3.05) is 45.2 Å². The van der Waals surface area contributed by atoms with Crippen molar-refractivity contribution in [1.82, 2.24) is 15.5 Å². The molecule has 3 rings (SSSR count). The van der Waals surface area contributed by atoms with Gasteiger partial charge in [-0.1, -0.05) is 0 Å². The molecule has 0 radical (unpaired) electrons. The first kappa shape index (κ1) is 22.4. The molecule has 0 spiro atoms. The number of nitrogens with one attached hydrogen (secondary N) is 3. The molecule has 3 N–H and O–H groups in total. The van der Waals surface area contributed by atoms with Crippen LogP contribution in [0.3, 0.4) is 0 Å². The maximum Gasteiger partial charge on any atom is 0.319 e. The van der Waals surface area contributed by atoms with Crippen LogP contribution < -0.4 is 16.0 Å². The average Bonchev–Trinajstić information content (AvgIpc) is 3.12. The van der Waals surface area contributed by atoms with E-state index in [1.54, 1.807) is 7.11 Å². The van der Waals surface area contributed by atoms with Gasteiger partial charge in [0, 0.05) is 31.9 Å². The minimum atomic E-state index is -0.467. The van der Waals surface area contributed by atoms with Gasteiger partial charge in [0.25, 0.3) is 0 Å². The molecule has 1 aromatic rings. The number of ether oxygens (including phenoxy) is 1. The van der Waals surface area contributed by atoms with E-state index < -0.39 is 5.41 Å². The molecule has 0 saturated carbocycles. The number of amides is 3. The van der Waals surface area contributed by atoms with Crippen LogP contribution in [0.5, 0.6) is 0 Å². The Kier molecular flexibility index (Phi) is 8.03. The Labute approximate surface area is 170 Å². The van der Waals surface area contributed by atoms with Crippen molar-refractivity contribution in [3.05, 3.63) is 30.1 Å². The Morgan fingerprint density at radius 1 is 1.29 bits per heavy atom. The van der Waals surface area contributed by atoms with Crippen LogP contribution in [-0.4, -0.2) is 62.8 Å². The van der Waals surface area contributed by atoms with Crippen LogP contribution in [-0.2, 0) is 9.53 Å². The Morgan fingerprint density at radius 3 is 2.61 bits per heavy atom. The summed E-state index contributed by atoms with van der Waals surface area (Å²) in [6, 6.07) is 5.14. The van der Waals surface area contributed by atoms with Gasteiger partial charge in [0.2, 0.25) is 5.91 Å². The van der Waals surface area contributed by atoms with Gasteiger partial charge in [-0.25, -0.2) is 9.18 Å². The Morgan fingerprint density at radius 2 is 1.96 bits per heavy atom. The van der Waals surface area contributed by atoms with E-state index in [4.69, 9.17) is 4.74 Å². The number of carbonyl (C=O) groups is 2. The summed E-state index contributed by atoms with van der Waals surface area (Å²) in [6.07, 6.45) is 2.24. The van der Waals surface area contributed by atoms with Gasteiger partial charge in [-0.3, -0.25) is 4.79 Å². The normalized spacial score (nSPS) is 20.9. The van der Waals surface area contributed by atoms with E-state index in [-0.39, 0.29) is 36.2 Å². The van der Waals surface area contributed by atoms with Gasteiger partial charge < -0.3 is 25.6 Å². The fraction of sp³-hybridized carbons (Fsp3) is 0.579. The summed E-state index contributed by atoms with van der Waals surface area (Å²) in [5, 5.41) is 8.87. The quantitative estimate of drug-likeness (QED) is 0.688. The highest BCUT2D eigenvalue weighted by Gasteiger charge is 2.44. The van der Waals surface area contributed by atoms with Crippen LogP contribution in [0.15, 0.2) is 24.3 Å². The second kappa shape index (κ2) is 10.0. The number of halogens is 2. The molecular weight excluding hydrogens is 387 g/mol. The summed E-state index contributed by atoms with van der Waals surface area (Å²) in [6.45, 7) is 3.16. The molecule has 0 aliphatic carbocycles. The second-order valence-corrected chi connectivity index (χ2v) is 7.31. The van der Waals surface area contributed by atoms with E-state index in [1.165, 1.54) is 24.3 Å². The zero-order valence-corrected chi connectivity index (χ0v) is 16.8. The molecule has 1 atom stereocenters. The summed E-state index contributed by atoms with van der Waals surface area (Å²) < 4.78 is 18.3. The van der Waals surface area contributed by atoms with E-state index in [0.717, 1.165) is 25.9 Å². The van der Waals surface area contributed by atoms with Crippen LogP contribution in [0.2, 0.25) is 0 Å². The molecule has 28 heavy (non-hydrogen) atoms. The number of urea groups is 1. The van der Waals surface area contributed by atoms with Crippen molar-refractivity contribution >= 4 is 30.0 Å². The van der Waals surface area contributed by atoms with Gasteiger partial charge in [0.05, 0.1) is 12.0 Å². The lowest BCUT2D eigenvalue weighted by Gasteiger charge is -2.38. The SMILES string of the molecule is COCC1(C(=O)N2CCC(NC(=O)Nc3ccc(F)cc3)C2)CCNCC1.Cl. The van der Waals surface area contributed by atoms with E-state index in [1.807, 2.05) is 4.90 Å². The smallest absolute Gasteiger partial charge is 0.319 e. The molecule has 2 aliphatic heterocycles. The van der Waals surface area contributed by atoms with E-state index >= 15 is 0 Å². The number of nitrogens with zero attached hydrogens (tertiary/aromatic N) is 1. The number of hydrogen-bond acceptors (Lipinski definition) is 4. The number of anilines is 1. The van der Waals surface area contributed by atoms with E-state index in [2.05, 4.69) is 16.0 Å². The highest BCUT2D eigenvalue weighted by molar-refractivity contribution is 5.89. The number of methoxy groups -OCH3 is 1. The highest BCUT2D eigenvalue weighted by Crippen LogP contribution is 2.33. The number of piperidine rings is 1. The summed E-state index contributed by atoms with van der Waals surface area (Å²) in [7, 11) is 1.63. The molecule has 7 nitrogen and oxygen atoms in total. The van der Waals surface area contributed by atoms with Crippen molar-refractivity contribution in [1.29, 1.82) is 0 Å². The fourth-order valence-corrected chi connectivity index (χ4v) is 3.89. The Bertz CT molecular complexity index is 662. The molecule has 156 valence electrons. The largest absolute Gasteiger partial charge is 0.384 e. The minimum absolute atomic E-state index is 0. The molecule has 3 amide bonds. The molecular formula is C19H28ClFN4O3. The van der Waals surface area contributed by atoms with Crippen molar-refractivity contribution in [3.8, 4) is 0 Å². The van der Waals surface area contributed by atoms with E-state index in [9.17, 15) is 14.0 Å². The summed E-state index contributed by atoms with van der Waals surface area (Å²) in [4.78, 5) is 27.1. The van der Waals surface area contributed by atoms with Gasteiger partial charge in [0.1, 0.15) is 5.82 Å². The highest BCUT2D eigenvalue weighted by atomic mass is 35.5. The zero-order valence-electron chi connectivity index (χ0n) is 16.0. The molecule has 2 heterocycles. The van der Waals surface area contributed by atoms with Crippen molar-refractivity contribution < 1.29 is 18.7 Å². The van der Waals surface area contributed by atoms with Gasteiger partial charge in [-0.2, -0.15) is 0 Å². The molecule has 1 aromatic carbocycles. The first-order chi connectivity index (χ1) is 13.0. The summed E-state index contributed by atoms with van der Waals surface area (Å²) in [5.41, 5.74) is 0.0548. The predicted octanol–water partition coefficient (Wildman–Crippen LogP) is 1.99. The first-order valence-corrected chi connectivity index (χ1v) is 9.34. The molecule has 0 bridgehead atoms. The third-order valence-electron chi connectivity index (χ3n) is 5.35. The van der Waals surface area contributed by atoms with Gasteiger partial charge in [0.15, 0.2) is 0 Å². The van der Waals surface area contributed by atoms with E-state index in [0.29, 0.717) is 31.8 Å². The lowest BCUT2D eigenvalue weighted by molar-refractivity contribution is -0.146. The fourth-order valence-electron chi connectivity index (χ4n) is 3.89. The Balaban J connectivity index is 0.00000280. The minimum Gasteiger partial charge on any atom is -0.384 e. The maximum absolute atomic E-state index is 13.1. The van der Waals surface area contributed by atoms with Crippen molar-refractivity contribution in [3.63, 3.8) is 0 Å². The van der Waals surface area contributed by atoms with Crippen LogP contribution in [0, 0.1) is 11.2 Å². The number of carbonyl (C=O) groups excluding carboxylic acids is 2. The third-order valence-corrected chi connectivity index (χ3v) is 5.35. The van der Waals surface area contributed by atoms with Crippen LogP contribution in [0.4, 0.5) is 14.9 Å². The number of hydrogen-bond donors (Lipinski definition) is 3. The average molecular weight is 415 g/mol. The second-order valence-electron chi connectivity index (χ2n) is 7.31. The topological polar surface area (TPSA) is 82.7 Å². The Hall–Kier alpha value is -1.90. The zero-order chi connectivity index (χ0) is 19.3. The molecule has 2 fully saturated rings. The van der Waals surface area contributed by atoms with Gasteiger partial charge in [-0.05, 0) is 56.6 Å². The number of benzene rings is 1. The summed E-state index contributed by atoms with van der Waals surface area (Å²) in [5.74, 6) is -0.233. The maximum atomic E-state index is 13.1. The first-order valence-electron chi connectivity index (χ1n) is 9.34. The number of likely N-dealkylation sites (tertiary alicyclic amines) is 1. The van der Waals surface area contributed by atoms with Crippen LogP contribution >= 0.6 is 12.4 Å². The lowest BCUT2D eigenvalue weighted by atomic mass is 9.78. The molecule has 0 aromatic heterocycles. The van der Waals surface area contributed by atoms with Crippen molar-refractivity contribution in [2.45, 2.75) is 25.3 Å². The lowest BCUT2D eigenvalue weighted by Crippen LogP contribution is -2.51. The van der Waals surface area contributed by atoms with Crippen LogP contribution in [0.25, 0.3) is 0 Å². The third kappa shape index (κ3) is 5.33. The predicted molar refractivity (Wildman–Crippen MR) is 107 cm³/mol. The molecule has 1 unspecified atom stereocenters. The van der Waals surface area contributed by atoms with Gasteiger partial charge in [-0.15, -0.1) is 12.4 Å². The van der Waals surface area contributed by atoms with Crippen LogP contribution in [0.1, 0.15) is 19.3 Å². The monoisotopic (exact) mass is 414 g/mol. The number of rotatable bonds is 5. The molecule has 9 heteroatoms. The molecule has 2 aliphatic rings.